The topological polar surface area (TPSA) is 56.0 Å². The summed E-state index contributed by atoms with van der Waals surface area (Å²) in [7, 11) is 0. The molecule has 3 nitrogen and oxygen atoms in total. The molecule has 1 aromatic heterocycles. The van der Waals surface area contributed by atoms with Gasteiger partial charge in [0.2, 0.25) is 0 Å². The lowest BCUT2D eigenvalue weighted by Gasteiger charge is -2.01. The van der Waals surface area contributed by atoms with Crippen LogP contribution in [0.3, 0.4) is 0 Å². The van der Waals surface area contributed by atoms with Crippen LogP contribution in [0, 0.1) is 0 Å². The Kier molecular flexibility index (Phi) is 3.86. The van der Waals surface area contributed by atoms with Gasteiger partial charge >= 0.3 is 0 Å². The number of aldehydes is 1. The second-order valence-corrected chi connectivity index (χ2v) is 3.96. The Labute approximate surface area is 106 Å². The Morgan fingerprint density at radius 2 is 2.00 bits per heavy atom. The molecule has 1 aromatic carbocycles. The van der Waals surface area contributed by atoms with E-state index in [1.165, 1.54) is 0 Å². The van der Waals surface area contributed by atoms with Gasteiger partial charge in [-0.1, -0.05) is 24.3 Å². The normalized spacial score (nSPS) is 11.2. The van der Waals surface area contributed by atoms with Gasteiger partial charge in [0.1, 0.15) is 6.29 Å². The third-order valence-electron chi connectivity index (χ3n) is 2.65. The Bertz CT molecular complexity index is 544. The van der Waals surface area contributed by atoms with Crippen molar-refractivity contribution in [2.75, 3.05) is 5.73 Å². The van der Waals surface area contributed by atoms with Gasteiger partial charge in [0.25, 0.3) is 0 Å². The lowest BCUT2D eigenvalue weighted by Crippen LogP contribution is -1.90. The third-order valence-corrected chi connectivity index (χ3v) is 2.65. The van der Waals surface area contributed by atoms with Crippen LogP contribution in [-0.4, -0.2) is 11.3 Å². The number of aromatic nitrogens is 1. The summed E-state index contributed by atoms with van der Waals surface area (Å²) in [6.07, 6.45) is 6.97. The molecule has 0 radical (unpaired) electrons. The van der Waals surface area contributed by atoms with Crippen molar-refractivity contribution in [3.63, 3.8) is 0 Å². The number of hydrogen-bond donors (Lipinski definition) is 1. The van der Waals surface area contributed by atoms with E-state index >= 15 is 0 Å². The van der Waals surface area contributed by atoms with Crippen LogP contribution in [0.25, 0.3) is 5.57 Å². The van der Waals surface area contributed by atoms with E-state index < -0.39 is 0 Å². The van der Waals surface area contributed by atoms with Crippen molar-refractivity contribution in [1.82, 2.24) is 4.98 Å². The number of hydrogen-bond acceptors (Lipinski definition) is 3. The molecule has 0 bridgehead atoms. The minimum Gasteiger partial charge on any atom is -0.399 e. The fourth-order valence-corrected chi connectivity index (χ4v) is 1.66. The predicted octanol–water partition coefficient (Wildman–Crippen LogP) is 2.49. The van der Waals surface area contributed by atoms with Gasteiger partial charge in [0.05, 0.1) is 0 Å². The number of allylic oxidation sites excluding steroid dienone is 2. The molecule has 1 heterocycles. The number of nitrogens with zero attached hydrogens (tertiary/aromatic N) is 1. The van der Waals surface area contributed by atoms with Crippen molar-refractivity contribution in [1.29, 1.82) is 0 Å². The monoisotopic (exact) mass is 238 g/mol. The summed E-state index contributed by atoms with van der Waals surface area (Å²) in [5.74, 6) is 0. The van der Waals surface area contributed by atoms with E-state index in [-0.39, 0.29) is 0 Å². The number of anilines is 1. The number of nitrogen functional groups attached to an aromatic ring is 1. The van der Waals surface area contributed by atoms with Crippen molar-refractivity contribution >= 4 is 17.5 Å². The highest BCUT2D eigenvalue weighted by atomic mass is 16.1. The first kappa shape index (κ1) is 12.0. The molecular formula is C15H14N2O. The van der Waals surface area contributed by atoms with Gasteiger partial charge in [0.15, 0.2) is 0 Å². The molecule has 2 aromatic rings. The fraction of sp³-hybridized carbons (Fsp3) is 0.0667. The van der Waals surface area contributed by atoms with Gasteiger partial charge in [-0.3, -0.25) is 9.78 Å². The number of benzene rings is 1. The Hall–Kier alpha value is -2.42. The second-order valence-electron chi connectivity index (χ2n) is 3.96. The van der Waals surface area contributed by atoms with Gasteiger partial charge < -0.3 is 5.73 Å². The Balaban J connectivity index is 2.18. The standard InChI is InChI=1S/C15H14N2O/c16-15-7-5-13(6-8-15)14(11-18)4-3-12-2-1-9-17-10-12/h1-2,4-11H,3,16H2/b14-4-. The molecule has 0 saturated heterocycles. The first-order valence-electron chi connectivity index (χ1n) is 5.70. The van der Waals surface area contributed by atoms with Gasteiger partial charge in [-0.2, -0.15) is 0 Å². The van der Waals surface area contributed by atoms with Crippen LogP contribution in [0.4, 0.5) is 5.69 Å². The zero-order chi connectivity index (χ0) is 12.8. The van der Waals surface area contributed by atoms with Crippen LogP contribution in [0.2, 0.25) is 0 Å². The van der Waals surface area contributed by atoms with Crippen molar-refractivity contribution in [2.24, 2.45) is 0 Å². The minimum atomic E-state index is 0.666. The van der Waals surface area contributed by atoms with E-state index in [2.05, 4.69) is 4.98 Å². The molecule has 0 aliphatic rings. The summed E-state index contributed by atoms with van der Waals surface area (Å²) in [6, 6.07) is 11.1. The van der Waals surface area contributed by atoms with Crippen LogP contribution < -0.4 is 5.73 Å². The van der Waals surface area contributed by atoms with Crippen LogP contribution in [0.5, 0.6) is 0 Å². The fourth-order valence-electron chi connectivity index (χ4n) is 1.66. The molecule has 0 atom stereocenters. The molecule has 90 valence electrons. The van der Waals surface area contributed by atoms with E-state index in [1.807, 2.05) is 30.3 Å². The second kappa shape index (κ2) is 5.77. The molecule has 0 unspecified atom stereocenters. The number of carbonyl (C=O) groups excluding carboxylic acids is 1. The van der Waals surface area contributed by atoms with Crippen LogP contribution >= 0.6 is 0 Å². The molecule has 0 aliphatic heterocycles. The molecule has 0 saturated carbocycles. The maximum atomic E-state index is 11.1. The summed E-state index contributed by atoms with van der Waals surface area (Å²) in [5, 5.41) is 0. The maximum Gasteiger partial charge on any atom is 0.150 e. The van der Waals surface area contributed by atoms with Crippen molar-refractivity contribution < 1.29 is 4.79 Å². The van der Waals surface area contributed by atoms with Gasteiger partial charge in [-0.15, -0.1) is 0 Å². The predicted molar refractivity (Wildman–Crippen MR) is 72.8 cm³/mol. The summed E-state index contributed by atoms with van der Waals surface area (Å²) in [6.45, 7) is 0. The van der Waals surface area contributed by atoms with Crippen molar-refractivity contribution in [2.45, 2.75) is 6.42 Å². The molecule has 18 heavy (non-hydrogen) atoms. The van der Waals surface area contributed by atoms with Crippen LogP contribution in [0.1, 0.15) is 11.1 Å². The number of carbonyl (C=O) groups is 1. The van der Waals surface area contributed by atoms with E-state index in [1.54, 1.807) is 24.5 Å². The lowest BCUT2D eigenvalue weighted by molar-refractivity contribution is -0.103. The van der Waals surface area contributed by atoms with Crippen molar-refractivity contribution in [3.05, 3.63) is 66.0 Å². The van der Waals surface area contributed by atoms with Crippen LogP contribution in [0.15, 0.2) is 54.9 Å². The van der Waals surface area contributed by atoms with E-state index in [0.29, 0.717) is 17.7 Å². The maximum absolute atomic E-state index is 11.1. The quantitative estimate of drug-likeness (QED) is 0.506. The third kappa shape index (κ3) is 3.04. The number of rotatable bonds is 4. The highest BCUT2D eigenvalue weighted by molar-refractivity contribution is 6.06. The molecule has 2 rings (SSSR count). The highest BCUT2D eigenvalue weighted by Gasteiger charge is 2.00. The molecule has 0 amide bonds. The molecule has 0 fully saturated rings. The Morgan fingerprint density at radius 3 is 2.61 bits per heavy atom. The minimum absolute atomic E-state index is 0.666. The van der Waals surface area contributed by atoms with Crippen LogP contribution in [-0.2, 0) is 11.2 Å². The average Bonchev–Trinajstić information content (AvgIpc) is 2.42. The lowest BCUT2D eigenvalue weighted by atomic mass is 10.0. The van der Waals surface area contributed by atoms with E-state index in [4.69, 9.17) is 5.73 Å². The largest absolute Gasteiger partial charge is 0.399 e. The first-order chi connectivity index (χ1) is 8.79. The summed E-state index contributed by atoms with van der Waals surface area (Å²) in [5.41, 5.74) is 8.93. The van der Waals surface area contributed by atoms with Gasteiger partial charge in [-0.25, -0.2) is 0 Å². The number of pyridine rings is 1. The SMILES string of the molecule is Nc1ccc(/C(C=O)=C\Cc2cccnc2)cc1. The molecule has 0 aliphatic carbocycles. The van der Waals surface area contributed by atoms with Gasteiger partial charge in [-0.05, 0) is 35.7 Å². The van der Waals surface area contributed by atoms with Gasteiger partial charge in [0, 0.05) is 23.7 Å². The Morgan fingerprint density at radius 1 is 1.22 bits per heavy atom. The summed E-state index contributed by atoms with van der Waals surface area (Å²) >= 11 is 0. The smallest absolute Gasteiger partial charge is 0.150 e. The van der Waals surface area contributed by atoms with E-state index in [9.17, 15) is 4.79 Å². The first-order valence-corrected chi connectivity index (χ1v) is 5.70. The summed E-state index contributed by atoms with van der Waals surface area (Å²) < 4.78 is 0. The molecule has 0 spiro atoms. The zero-order valence-electron chi connectivity index (χ0n) is 9.91. The summed E-state index contributed by atoms with van der Waals surface area (Å²) in [4.78, 5) is 15.1. The molecule has 2 N–H and O–H groups in total. The number of nitrogens with two attached hydrogens (primary N) is 1. The zero-order valence-corrected chi connectivity index (χ0v) is 9.91. The average molecular weight is 238 g/mol. The molecular weight excluding hydrogens is 224 g/mol. The molecule has 3 heteroatoms. The van der Waals surface area contributed by atoms with E-state index in [0.717, 1.165) is 17.4 Å². The highest BCUT2D eigenvalue weighted by Crippen LogP contribution is 2.15. The van der Waals surface area contributed by atoms with Crippen molar-refractivity contribution in [3.8, 4) is 0 Å².